The van der Waals surface area contributed by atoms with Crippen LogP contribution in [0.25, 0.3) is 0 Å². The van der Waals surface area contributed by atoms with E-state index in [1.807, 2.05) is 18.2 Å². The Hall–Kier alpha value is -1.25. The van der Waals surface area contributed by atoms with Crippen LogP contribution in [0, 0.1) is 17.8 Å². The predicted molar refractivity (Wildman–Crippen MR) is 187 cm³/mol. The molecule has 3 fully saturated rings. The Morgan fingerprint density at radius 1 is 0.979 bits per heavy atom. The van der Waals surface area contributed by atoms with Crippen LogP contribution in [0.4, 0.5) is 0 Å². The fourth-order valence-electron chi connectivity index (χ4n) is 7.32. The summed E-state index contributed by atoms with van der Waals surface area (Å²) in [5.74, 6) is 1.07. The van der Waals surface area contributed by atoms with Crippen molar-refractivity contribution in [2.45, 2.75) is 152 Å². The average molecular weight is 722 g/mol. The molecule has 4 rings (SSSR count). The van der Waals surface area contributed by atoms with E-state index in [1.54, 1.807) is 0 Å². The Balaban J connectivity index is 1.46. The van der Waals surface area contributed by atoms with Gasteiger partial charge in [-0.2, -0.15) is 0 Å². The average Bonchev–Trinajstić information content (AvgIpc) is 3.46. The van der Waals surface area contributed by atoms with E-state index in [9.17, 15) is 9.90 Å². The second-order valence-electron chi connectivity index (χ2n) is 13.9. The Labute approximate surface area is 291 Å². The Bertz CT molecular complexity index is 1030. The van der Waals surface area contributed by atoms with Gasteiger partial charge < -0.3 is 0 Å². The zero-order chi connectivity index (χ0) is 33.3. The van der Waals surface area contributed by atoms with Crippen LogP contribution in [0.5, 0.6) is 0 Å². The van der Waals surface area contributed by atoms with Crippen molar-refractivity contribution in [3.8, 4) is 0 Å². The molecule has 1 aromatic rings. The van der Waals surface area contributed by atoms with Gasteiger partial charge in [0.2, 0.25) is 0 Å². The van der Waals surface area contributed by atoms with E-state index in [0.29, 0.717) is 25.6 Å². The SMILES string of the molecule is CCCC[C@H](C)CCC=C[C@H]1CC[C@H](O)[C@@H]1CCCCC(OC1CCCCO1)C(OC1CCCCO1)([Se]c1ccccc1)C(=O)OC. The van der Waals surface area contributed by atoms with E-state index in [4.69, 9.17) is 23.7 Å². The quantitative estimate of drug-likeness (QED) is 0.0649. The third-order valence-corrected chi connectivity index (χ3v) is 13.0. The molecule has 0 radical (unpaired) electrons. The monoisotopic (exact) mass is 722 g/mol. The summed E-state index contributed by atoms with van der Waals surface area (Å²) in [6, 6.07) is 10.1. The number of esters is 1. The fraction of sp³-hybridized carbons (Fsp3) is 0.769. The van der Waals surface area contributed by atoms with Crippen LogP contribution in [-0.4, -0.2) is 75.6 Å². The molecule has 0 bridgehead atoms. The van der Waals surface area contributed by atoms with Crippen molar-refractivity contribution in [2.75, 3.05) is 20.3 Å². The Morgan fingerprint density at radius 3 is 2.40 bits per heavy atom. The first-order valence-corrected chi connectivity index (χ1v) is 20.4. The van der Waals surface area contributed by atoms with E-state index in [0.717, 1.165) is 87.4 Å². The van der Waals surface area contributed by atoms with Crippen LogP contribution in [0.3, 0.4) is 0 Å². The molecule has 2 aliphatic heterocycles. The first-order valence-electron chi connectivity index (χ1n) is 18.7. The topological polar surface area (TPSA) is 83.5 Å². The summed E-state index contributed by atoms with van der Waals surface area (Å²) in [6.45, 7) is 5.91. The number of carbonyl (C=O) groups is 1. The van der Waals surface area contributed by atoms with Gasteiger partial charge in [-0.3, -0.25) is 0 Å². The number of methoxy groups -OCH3 is 1. The number of hydrogen-bond acceptors (Lipinski definition) is 7. The van der Waals surface area contributed by atoms with Crippen LogP contribution in [0.1, 0.15) is 123 Å². The van der Waals surface area contributed by atoms with Crippen molar-refractivity contribution in [3.63, 3.8) is 0 Å². The summed E-state index contributed by atoms with van der Waals surface area (Å²) in [5, 5.41) is 10.9. The second kappa shape index (κ2) is 21.1. The van der Waals surface area contributed by atoms with Crippen LogP contribution < -0.4 is 4.46 Å². The van der Waals surface area contributed by atoms with Crippen LogP contribution in [-0.2, 0) is 28.5 Å². The van der Waals surface area contributed by atoms with Crippen LogP contribution >= 0.6 is 0 Å². The van der Waals surface area contributed by atoms with Crippen molar-refractivity contribution in [1.82, 2.24) is 0 Å². The summed E-state index contributed by atoms with van der Waals surface area (Å²) >= 11 is -0.451. The second-order valence-corrected chi connectivity index (χ2v) is 16.6. The molecule has 1 N–H and O–H groups in total. The van der Waals surface area contributed by atoms with Crippen LogP contribution in [0.15, 0.2) is 42.5 Å². The van der Waals surface area contributed by atoms with Gasteiger partial charge in [0.25, 0.3) is 0 Å². The molecule has 1 aromatic carbocycles. The van der Waals surface area contributed by atoms with Gasteiger partial charge >= 0.3 is 253 Å². The van der Waals surface area contributed by atoms with Crippen molar-refractivity contribution in [3.05, 3.63) is 42.5 Å². The van der Waals surface area contributed by atoms with E-state index in [-0.39, 0.29) is 18.3 Å². The minimum absolute atomic E-state index is 0.252. The zero-order valence-corrected chi connectivity index (χ0v) is 31.0. The predicted octanol–water partition coefficient (Wildman–Crippen LogP) is 7.45. The minimum atomic E-state index is -1.32. The molecule has 0 aromatic heterocycles. The van der Waals surface area contributed by atoms with Crippen LogP contribution in [0.2, 0.25) is 0 Å². The summed E-state index contributed by atoms with van der Waals surface area (Å²) in [7, 11) is 1.44. The first-order chi connectivity index (χ1) is 22.9. The standard InChI is InChI=1S/C39H62O7Se/c1-4-5-17-30(2)18-9-10-19-31-26-27-34(40)33(31)22-11-12-23-35(45-36-24-13-15-28-43-36)39(38(41)42-3,46-37-25-14-16-29-44-37)47-32-20-7-6-8-21-32/h6-8,10,19-21,30-31,33-37,40H,4-5,9,11-18,22-29H2,1-3H3/t30-,31-,33+,34-,35?,36?,37?,39?/m0/s1. The number of unbranched alkanes of at least 4 members (excludes halogenated alkanes) is 2. The molecule has 0 spiro atoms. The zero-order valence-electron chi connectivity index (χ0n) is 29.3. The fourth-order valence-corrected chi connectivity index (χ4v) is 9.99. The number of hydrogen-bond donors (Lipinski definition) is 1. The summed E-state index contributed by atoms with van der Waals surface area (Å²) in [6.07, 6.45) is 20.2. The molecule has 7 nitrogen and oxygen atoms in total. The van der Waals surface area contributed by atoms with Gasteiger partial charge in [0.05, 0.1) is 0 Å². The molecule has 1 aliphatic carbocycles. The number of benzene rings is 1. The van der Waals surface area contributed by atoms with Gasteiger partial charge in [-0.1, -0.05) is 33.1 Å². The van der Waals surface area contributed by atoms with Gasteiger partial charge in [0.15, 0.2) is 0 Å². The van der Waals surface area contributed by atoms with Gasteiger partial charge in [-0.05, 0) is 5.92 Å². The molecular formula is C39H62O7Se. The number of aliphatic hydroxyl groups excluding tert-OH is 1. The molecule has 4 unspecified atom stereocenters. The van der Waals surface area contributed by atoms with Gasteiger partial charge in [-0.15, -0.1) is 0 Å². The number of aliphatic hydroxyl groups is 1. The Morgan fingerprint density at radius 2 is 1.72 bits per heavy atom. The van der Waals surface area contributed by atoms with E-state index >= 15 is 0 Å². The third-order valence-electron chi connectivity index (χ3n) is 10.2. The van der Waals surface area contributed by atoms with E-state index < -0.39 is 37.8 Å². The normalized spacial score (nSPS) is 27.8. The summed E-state index contributed by atoms with van der Waals surface area (Å²) in [5.41, 5.74) is 0. The maximum atomic E-state index is 14.0. The van der Waals surface area contributed by atoms with Crippen molar-refractivity contribution in [1.29, 1.82) is 0 Å². The molecule has 1 saturated carbocycles. The summed E-state index contributed by atoms with van der Waals surface area (Å²) in [4.78, 5) is 14.0. The van der Waals surface area contributed by atoms with E-state index in [1.165, 1.54) is 32.8 Å². The maximum absolute atomic E-state index is 14.0. The molecule has 266 valence electrons. The molecule has 2 saturated heterocycles. The molecule has 2 heterocycles. The number of ether oxygens (including phenoxy) is 5. The van der Waals surface area contributed by atoms with E-state index in [2.05, 4.69) is 38.1 Å². The molecule has 3 aliphatic rings. The number of carbonyl (C=O) groups excluding carboxylic acids is 1. The van der Waals surface area contributed by atoms with Crippen molar-refractivity contribution in [2.24, 2.45) is 17.8 Å². The molecule has 0 amide bonds. The first kappa shape index (κ1) is 38.5. The summed E-state index contributed by atoms with van der Waals surface area (Å²) < 4.78 is 30.9. The van der Waals surface area contributed by atoms with Crippen molar-refractivity contribution >= 4 is 25.4 Å². The molecule has 47 heavy (non-hydrogen) atoms. The van der Waals surface area contributed by atoms with Gasteiger partial charge in [-0.25, -0.2) is 0 Å². The molecule has 8 heteroatoms. The molecule has 8 atom stereocenters. The van der Waals surface area contributed by atoms with Gasteiger partial charge in [0, 0.05) is 0 Å². The van der Waals surface area contributed by atoms with Gasteiger partial charge in [0.1, 0.15) is 0 Å². The number of allylic oxidation sites excluding steroid dienone is 2. The Kier molecular flexibility index (Phi) is 17.3. The molecular weight excluding hydrogens is 659 g/mol. The third kappa shape index (κ3) is 12.2. The van der Waals surface area contributed by atoms with Crippen molar-refractivity contribution < 1.29 is 33.6 Å². The number of rotatable bonds is 20.